The van der Waals surface area contributed by atoms with Gasteiger partial charge < -0.3 is 14.4 Å². The van der Waals surface area contributed by atoms with Crippen LogP contribution in [0, 0.1) is 0 Å². The summed E-state index contributed by atoms with van der Waals surface area (Å²) in [6.07, 6.45) is 1.52. The van der Waals surface area contributed by atoms with Crippen LogP contribution in [0.4, 0.5) is 0 Å². The van der Waals surface area contributed by atoms with Crippen LogP contribution < -0.4 is 0 Å². The second-order valence-electron chi connectivity index (χ2n) is 4.13. The summed E-state index contributed by atoms with van der Waals surface area (Å²) in [6, 6.07) is 1.50. The standard InChI is InChI=1S/C12H22N2O4S/c1-4-14(6-7-18-5-2)19(16,17)12-8-11(10-15)13(3)9-12/h8-9,15H,4-7,10H2,1-3H3. The number of sulfonamides is 1. The van der Waals surface area contributed by atoms with Crippen molar-refractivity contribution >= 4 is 10.0 Å². The van der Waals surface area contributed by atoms with Crippen molar-refractivity contribution in [2.24, 2.45) is 7.05 Å². The van der Waals surface area contributed by atoms with Gasteiger partial charge in [0, 0.05) is 38.6 Å². The van der Waals surface area contributed by atoms with Crippen LogP contribution in [0.5, 0.6) is 0 Å². The van der Waals surface area contributed by atoms with E-state index in [1.54, 1.807) is 18.5 Å². The van der Waals surface area contributed by atoms with Crippen molar-refractivity contribution in [2.75, 3.05) is 26.3 Å². The van der Waals surface area contributed by atoms with E-state index in [2.05, 4.69) is 0 Å². The molecule has 0 unspecified atom stereocenters. The first-order valence-electron chi connectivity index (χ1n) is 6.31. The second kappa shape index (κ2) is 7.04. The highest BCUT2D eigenvalue weighted by Crippen LogP contribution is 2.18. The molecule has 0 atom stereocenters. The van der Waals surface area contributed by atoms with Gasteiger partial charge in [0.05, 0.1) is 13.2 Å². The van der Waals surface area contributed by atoms with Crippen LogP contribution in [-0.2, 0) is 28.4 Å². The number of nitrogens with zero attached hydrogens (tertiary/aromatic N) is 2. The lowest BCUT2D eigenvalue weighted by molar-refractivity contribution is 0.135. The van der Waals surface area contributed by atoms with E-state index in [9.17, 15) is 8.42 Å². The number of likely N-dealkylation sites (N-methyl/N-ethyl adjacent to an activating group) is 1. The van der Waals surface area contributed by atoms with Crippen LogP contribution in [0.3, 0.4) is 0 Å². The summed E-state index contributed by atoms with van der Waals surface area (Å²) in [5.74, 6) is 0. The Morgan fingerprint density at radius 1 is 1.42 bits per heavy atom. The Morgan fingerprint density at radius 3 is 2.58 bits per heavy atom. The summed E-state index contributed by atoms with van der Waals surface area (Å²) < 4.78 is 33.0. The van der Waals surface area contributed by atoms with E-state index in [0.29, 0.717) is 32.0 Å². The summed E-state index contributed by atoms with van der Waals surface area (Å²) in [6.45, 7) is 5.14. The summed E-state index contributed by atoms with van der Waals surface area (Å²) in [5.41, 5.74) is 0.569. The van der Waals surface area contributed by atoms with Crippen LogP contribution >= 0.6 is 0 Å². The van der Waals surface area contributed by atoms with Gasteiger partial charge in [0.25, 0.3) is 0 Å². The number of hydrogen-bond donors (Lipinski definition) is 1. The van der Waals surface area contributed by atoms with Crippen LogP contribution in [0.15, 0.2) is 17.2 Å². The van der Waals surface area contributed by atoms with Gasteiger partial charge in [0.2, 0.25) is 10.0 Å². The van der Waals surface area contributed by atoms with Crippen LogP contribution in [0.25, 0.3) is 0 Å². The summed E-state index contributed by atoms with van der Waals surface area (Å²) in [4.78, 5) is 0.206. The number of aliphatic hydroxyl groups is 1. The molecule has 0 amide bonds. The summed E-state index contributed by atoms with van der Waals surface area (Å²) >= 11 is 0. The molecule has 1 N–H and O–H groups in total. The van der Waals surface area contributed by atoms with Gasteiger partial charge in [0.15, 0.2) is 0 Å². The fourth-order valence-corrected chi connectivity index (χ4v) is 3.31. The molecule has 0 aliphatic rings. The van der Waals surface area contributed by atoms with Gasteiger partial charge in [-0.3, -0.25) is 0 Å². The Bertz CT molecular complexity index is 496. The van der Waals surface area contributed by atoms with E-state index in [4.69, 9.17) is 9.84 Å². The SMILES string of the molecule is CCOCCN(CC)S(=O)(=O)c1cc(CO)n(C)c1. The van der Waals surface area contributed by atoms with E-state index in [1.165, 1.54) is 16.6 Å². The Balaban J connectivity index is 2.92. The fourth-order valence-electron chi connectivity index (χ4n) is 1.78. The van der Waals surface area contributed by atoms with Crippen molar-refractivity contribution in [1.82, 2.24) is 8.87 Å². The number of rotatable bonds is 8. The van der Waals surface area contributed by atoms with E-state index in [0.717, 1.165) is 0 Å². The minimum absolute atomic E-state index is 0.183. The topological polar surface area (TPSA) is 71.8 Å². The third-order valence-electron chi connectivity index (χ3n) is 2.92. The summed E-state index contributed by atoms with van der Waals surface area (Å²) in [7, 11) is -1.81. The van der Waals surface area contributed by atoms with Crippen molar-refractivity contribution < 1.29 is 18.3 Å². The van der Waals surface area contributed by atoms with Crippen LogP contribution in [-0.4, -0.2) is 48.7 Å². The van der Waals surface area contributed by atoms with Crippen LogP contribution in [0.2, 0.25) is 0 Å². The highest BCUT2D eigenvalue weighted by molar-refractivity contribution is 7.89. The molecule has 19 heavy (non-hydrogen) atoms. The molecule has 6 nitrogen and oxygen atoms in total. The molecular weight excluding hydrogens is 268 g/mol. The predicted octanol–water partition coefficient (Wildman–Crippen LogP) is 0.564. The maximum atomic E-state index is 12.4. The minimum atomic E-state index is -3.52. The zero-order valence-electron chi connectivity index (χ0n) is 11.7. The van der Waals surface area contributed by atoms with Crippen molar-refractivity contribution in [2.45, 2.75) is 25.3 Å². The van der Waals surface area contributed by atoms with Gasteiger partial charge in [-0.2, -0.15) is 4.31 Å². The van der Waals surface area contributed by atoms with E-state index in [1.807, 2.05) is 6.92 Å². The fraction of sp³-hybridized carbons (Fsp3) is 0.667. The van der Waals surface area contributed by atoms with Crippen molar-refractivity contribution in [3.05, 3.63) is 18.0 Å². The van der Waals surface area contributed by atoms with Crippen molar-refractivity contribution in [1.29, 1.82) is 0 Å². The molecule has 0 aliphatic carbocycles. The van der Waals surface area contributed by atoms with E-state index < -0.39 is 10.0 Å². The molecule has 7 heteroatoms. The molecule has 110 valence electrons. The van der Waals surface area contributed by atoms with Gasteiger partial charge >= 0.3 is 0 Å². The zero-order chi connectivity index (χ0) is 14.5. The average Bonchev–Trinajstić information content (AvgIpc) is 2.76. The molecule has 1 aromatic heterocycles. The lowest BCUT2D eigenvalue weighted by Crippen LogP contribution is -2.33. The monoisotopic (exact) mass is 290 g/mol. The smallest absolute Gasteiger partial charge is 0.244 e. The van der Waals surface area contributed by atoms with Gasteiger partial charge in [-0.15, -0.1) is 0 Å². The van der Waals surface area contributed by atoms with Crippen molar-refractivity contribution in [3.63, 3.8) is 0 Å². The number of ether oxygens (including phenoxy) is 1. The lowest BCUT2D eigenvalue weighted by Gasteiger charge is -2.19. The third kappa shape index (κ3) is 3.79. The van der Waals surface area contributed by atoms with E-state index >= 15 is 0 Å². The van der Waals surface area contributed by atoms with Gasteiger partial charge in [-0.25, -0.2) is 8.42 Å². The van der Waals surface area contributed by atoms with Gasteiger partial charge in [-0.1, -0.05) is 6.92 Å². The Morgan fingerprint density at radius 2 is 2.11 bits per heavy atom. The normalized spacial score (nSPS) is 12.3. The molecule has 0 saturated carbocycles. The predicted molar refractivity (Wildman–Crippen MR) is 72.3 cm³/mol. The Labute approximate surface area is 114 Å². The molecule has 1 heterocycles. The van der Waals surface area contributed by atoms with Crippen molar-refractivity contribution in [3.8, 4) is 0 Å². The second-order valence-corrected chi connectivity index (χ2v) is 6.07. The number of aromatic nitrogens is 1. The number of hydrogen-bond acceptors (Lipinski definition) is 4. The maximum absolute atomic E-state index is 12.4. The molecule has 0 aliphatic heterocycles. The number of aliphatic hydroxyl groups excluding tert-OH is 1. The van der Waals surface area contributed by atoms with E-state index in [-0.39, 0.29) is 11.5 Å². The molecule has 0 fully saturated rings. The highest BCUT2D eigenvalue weighted by atomic mass is 32.2. The van der Waals surface area contributed by atoms with Gasteiger partial charge in [0.1, 0.15) is 4.90 Å². The van der Waals surface area contributed by atoms with Crippen LogP contribution in [0.1, 0.15) is 19.5 Å². The average molecular weight is 290 g/mol. The maximum Gasteiger partial charge on any atom is 0.244 e. The molecule has 0 saturated heterocycles. The molecule has 0 radical (unpaired) electrons. The third-order valence-corrected chi connectivity index (χ3v) is 4.86. The molecule has 1 aromatic rings. The quantitative estimate of drug-likeness (QED) is 0.710. The lowest BCUT2D eigenvalue weighted by atomic mass is 10.5. The molecule has 1 rings (SSSR count). The number of aryl methyl sites for hydroxylation is 1. The molecule has 0 spiro atoms. The zero-order valence-corrected chi connectivity index (χ0v) is 12.5. The highest BCUT2D eigenvalue weighted by Gasteiger charge is 2.24. The van der Waals surface area contributed by atoms with Gasteiger partial charge in [-0.05, 0) is 13.0 Å². The molecule has 0 aromatic carbocycles. The Kier molecular flexibility index (Phi) is 5.99. The molecular formula is C12H22N2O4S. The summed E-state index contributed by atoms with van der Waals surface area (Å²) in [5, 5.41) is 9.12. The minimum Gasteiger partial charge on any atom is -0.390 e. The Hall–Kier alpha value is -0.890. The first-order valence-corrected chi connectivity index (χ1v) is 7.75. The molecule has 0 bridgehead atoms. The first-order chi connectivity index (χ1) is 8.97. The first kappa shape index (κ1) is 16.2. The largest absolute Gasteiger partial charge is 0.390 e.